The van der Waals surface area contributed by atoms with Gasteiger partial charge >= 0.3 is 6.18 Å². The standard InChI is InChI=1S/C24H14Cl3F3N2O2/c25-14-4-3-5-16(10-14)31-23(34)21(33)20-17-6-1-2-7-19(17)32(22(20)24(28,29)30)12-13-8-9-15(26)11-18(13)27/h1-11H,12H2,(H,31,34). The van der Waals surface area contributed by atoms with Crippen LogP contribution >= 0.6 is 34.8 Å². The molecule has 174 valence electrons. The first-order valence-electron chi connectivity index (χ1n) is 9.80. The van der Waals surface area contributed by atoms with Gasteiger partial charge in [0.15, 0.2) is 0 Å². The summed E-state index contributed by atoms with van der Waals surface area (Å²) in [7, 11) is 0. The predicted molar refractivity (Wildman–Crippen MR) is 127 cm³/mol. The van der Waals surface area contributed by atoms with Crippen LogP contribution in [0.2, 0.25) is 15.1 Å². The molecule has 0 atom stereocenters. The summed E-state index contributed by atoms with van der Waals surface area (Å²) in [6.07, 6.45) is -4.95. The monoisotopic (exact) mass is 524 g/mol. The van der Waals surface area contributed by atoms with Crippen molar-refractivity contribution in [3.63, 3.8) is 0 Å². The molecule has 4 rings (SSSR count). The van der Waals surface area contributed by atoms with Crippen LogP contribution in [0.5, 0.6) is 0 Å². The number of benzene rings is 3. The van der Waals surface area contributed by atoms with Crippen molar-refractivity contribution in [2.24, 2.45) is 0 Å². The summed E-state index contributed by atoms with van der Waals surface area (Å²) >= 11 is 18.0. The Morgan fingerprint density at radius 3 is 2.26 bits per heavy atom. The number of para-hydroxylation sites is 1. The van der Waals surface area contributed by atoms with Gasteiger partial charge in [0.05, 0.1) is 5.56 Å². The molecule has 0 saturated carbocycles. The zero-order chi connectivity index (χ0) is 24.6. The molecule has 3 aromatic carbocycles. The van der Waals surface area contributed by atoms with E-state index in [-0.39, 0.29) is 33.2 Å². The second kappa shape index (κ2) is 9.33. The van der Waals surface area contributed by atoms with Gasteiger partial charge in [0.25, 0.3) is 11.7 Å². The van der Waals surface area contributed by atoms with E-state index in [1.807, 2.05) is 0 Å². The lowest BCUT2D eigenvalue weighted by Crippen LogP contribution is -2.26. The highest BCUT2D eigenvalue weighted by Gasteiger charge is 2.42. The number of amides is 1. The van der Waals surface area contributed by atoms with Crippen LogP contribution in [0.15, 0.2) is 66.7 Å². The number of carbonyl (C=O) groups is 2. The molecule has 1 N–H and O–H groups in total. The number of alkyl halides is 3. The quantitative estimate of drug-likeness (QED) is 0.217. The maximum Gasteiger partial charge on any atom is 0.432 e. The zero-order valence-corrected chi connectivity index (χ0v) is 19.4. The molecule has 1 heterocycles. The third-order valence-corrected chi connectivity index (χ3v) is 5.92. The van der Waals surface area contributed by atoms with Gasteiger partial charge in [-0.15, -0.1) is 0 Å². The van der Waals surface area contributed by atoms with Crippen molar-refractivity contribution in [1.29, 1.82) is 0 Å². The normalized spacial score (nSPS) is 11.6. The number of rotatable bonds is 5. The average molecular weight is 526 g/mol. The van der Waals surface area contributed by atoms with Crippen LogP contribution in [-0.4, -0.2) is 16.3 Å². The summed E-state index contributed by atoms with van der Waals surface area (Å²) in [5.74, 6) is -2.55. The maximum atomic E-state index is 14.3. The van der Waals surface area contributed by atoms with Crippen molar-refractivity contribution in [2.45, 2.75) is 12.7 Å². The Hall–Kier alpha value is -3.00. The van der Waals surface area contributed by atoms with Crippen LogP contribution < -0.4 is 5.32 Å². The number of Topliss-reactive ketones (excluding diaryl/α,β-unsaturated/α-hetero) is 1. The van der Waals surface area contributed by atoms with E-state index in [2.05, 4.69) is 5.32 Å². The highest BCUT2D eigenvalue weighted by Crippen LogP contribution is 2.39. The van der Waals surface area contributed by atoms with E-state index in [4.69, 9.17) is 34.8 Å². The van der Waals surface area contributed by atoms with E-state index in [1.165, 1.54) is 54.6 Å². The second-order valence-electron chi connectivity index (χ2n) is 7.35. The van der Waals surface area contributed by atoms with E-state index in [9.17, 15) is 22.8 Å². The molecular weight excluding hydrogens is 512 g/mol. The second-order valence-corrected chi connectivity index (χ2v) is 8.63. The van der Waals surface area contributed by atoms with Crippen molar-refractivity contribution in [2.75, 3.05) is 5.32 Å². The van der Waals surface area contributed by atoms with Gasteiger partial charge in [-0.3, -0.25) is 9.59 Å². The number of halogens is 6. The van der Waals surface area contributed by atoms with Gasteiger partial charge in [0.2, 0.25) is 0 Å². The summed E-state index contributed by atoms with van der Waals surface area (Å²) < 4.78 is 44.0. The van der Waals surface area contributed by atoms with E-state index < -0.39 is 29.1 Å². The van der Waals surface area contributed by atoms with Crippen LogP contribution in [-0.2, 0) is 17.5 Å². The third kappa shape index (κ3) is 4.78. The fourth-order valence-electron chi connectivity index (χ4n) is 3.68. The van der Waals surface area contributed by atoms with Crippen LogP contribution in [0, 0.1) is 0 Å². The van der Waals surface area contributed by atoms with E-state index in [0.29, 0.717) is 10.6 Å². The molecule has 0 radical (unpaired) electrons. The van der Waals surface area contributed by atoms with E-state index in [0.717, 1.165) is 4.57 Å². The number of fused-ring (bicyclic) bond motifs is 1. The van der Waals surface area contributed by atoms with Gasteiger partial charge in [0.1, 0.15) is 5.69 Å². The molecule has 0 bridgehead atoms. The average Bonchev–Trinajstić information content (AvgIpc) is 3.10. The number of ketones is 1. The Kier molecular flexibility index (Phi) is 6.62. The molecule has 0 aliphatic rings. The molecule has 10 heteroatoms. The van der Waals surface area contributed by atoms with Crippen molar-refractivity contribution >= 4 is 63.1 Å². The fraction of sp³-hybridized carbons (Fsp3) is 0.0833. The first-order valence-corrected chi connectivity index (χ1v) is 10.9. The Balaban J connectivity index is 1.86. The van der Waals surface area contributed by atoms with Crippen LogP contribution in [0.4, 0.5) is 18.9 Å². The number of carbonyl (C=O) groups excluding carboxylic acids is 2. The largest absolute Gasteiger partial charge is 0.432 e. The molecule has 0 saturated heterocycles. The molecule has 4 aromatic rings. The summed E-state index contributed by atoms with van der Waals surface area (Å²) in [6, 6.07) is 16.2. The van der Waals surface area contributed by atoms with Crippen molar-refractivity contribution in [1.82, 2.24) is 4.57 Å². The molecule has 0 aliphatic carbocycles. The number of nitrogens with zero attached hydrogens (tertiary/aromatic N) is 1. The van der Waals surface area contributed by atoms with Crippen molar-refractivity contribution in [3.05, 3.63) is 98.6 Å². The van der Waals surface area contributed by atoms with Gasteiger partial charge < -0.3 is 9.88 Å². The Bertz CT molecular complexity index is 1430. The fourth-order valence-corrected chi connectivity index (χ4v) is 4.34. The van der Waals surface area contributed by atoms with Gasteiger partial charge in [-0.05, 0) is 42.0 Å². The van der Waals surface area contributed by atoms with E-state index in [1.54, 1.807) is 12.1 Å². The van der Waals surface area contributed by atoms with Gasteiger partial charge in [-0.25, -0.2) is 0 Å². The summed E-state index contributed by atoms with van der Waals surface area (Å²) in [5, 5.41) is 3.10. The highest BCUT2D eigenvalue weighted by molar-refractivity contribution is 6.49. The molecule has 34 heavy (non-hydrogen) atoms. The number of aromatic nitrogens is 1. The smallest absolute Gasteiger partial charge is 0.332 e. The zero-order valence-electron chi connectivity index (χ0n) is 17.1. The van der Waals surface area contributed by atoms with Gasteiger partial charge in [0, 0.05) is 38.2 Å². The lowest BCUT2D eigenvalue weighted by molar-refractivity contribution is -0.143. The van der Waals surface area contributed by atoms with Crippen molar-refractivity contribution < 1.29 is 22.8 Å². The van der Waals surface area contributed by atoms with Crippen LogP contribution in [0.1, 0.15) is 21.6 Å². The minimum atomic E-state index is -4.95. The molecule has 1 aromatic heterocycles. The Morgan fingerprint density at radius 1 is 0.882 bits per heavy atom. The summed E-state index contributed by atoms with van der Waals surface area (Å²) in [6.45, 7) is -0.297. The number of anilines is 1. The molecule has 1 amide bonds. The van der Waals surface area contributed by atoms with Crippen LogP contribution in [0.3, 0.4) is 0 Å². The molecular formula is C24H14Cl3F3N2O2. The van der Waals surface area contributed by atoms with Gasteiger partial charge in [-0.2, -0.15) is 13.2 Å². The Labute approximate surface area is 206 Å². The third-order valence-electron chi connectivity index (χ3n) is 5.10. The first kappa shape index (κ1) is 24.1. The SMILES string of the molecule is O=C(Nc1cccc(Cl)c1)C(=O)c1c(C(F)(F)F)n(Cc2ccc(Cl)cc2Cl)c2ccccc12. The van der Waals surface area contributed by atoms with Crippen molar-refractivity contribution in [3.8, 4) is 0 Å². The van der Waals surface area contributed by atoms with Crippen LogP contribution in [0.25, 0.3) is 10.9 Å². The summed E-state index contributed by atoms with van der Waals surface area (Å²) in [4.78, 5) is 25.8. The minimum Gasteiger partial charge on any atom is -0.332 e. The number of hydrogen-bond donors (Lipinski definition) is 1. The number of nitrogens with one attached hydrogen (secondary N) is 1. The topological polar surface area (TPSA) is 51.1 Å². The maximum absolute atomic E-state index is 14.3. The summed E-state index contributed by atoms with van der Waals surface area (Å²) in [5.41, 5.74) is -1.32. The predicted octanol–water partition coefficient (Wildman–Crippen LogP) is 7.49. The lowest BCUT2D eigenvalue weighted by Gasteiger charge is -2.15. The molecule has 0 aliphatic heterocycles. The number of hydrogen-bond acceptors (Lipinski definition) is 2. The van der Waals surface area contributed by atoms with E-state index >= 15 is 0 Å². The first-order chi connectivity index (χ1) is 16.1. The molecule has 0 fully saturated rings. The lowest BCUT2D eigenvalue weighted by atomic mass is 10.1. The molecule has 0 unspecified atom stereocenters. The molecule has 4 nitrogen and oxygen atoms in total. The Morgan fingerprint density at radius 2 is 1.59 bits per heavy atom. The minimum absolute atomic E-state index is 0.00819. The van der Waals surface area contributed by atoms with Gasteiger partial charge in [-0.1, -0.05) is 65.1 Å². The highest BCUT2D eigenvalue weighted by atomic mass is 35.5. The molecule has 0 spiro atoms.